The molecule has 14 heteroatoms. The van der Waals surface area contributed by atoms with E-state index in [0.717, 1.165) is 37.9 Å². The fourth-order valence-corrected chi connectivity index (χ4v) is 4.20. The smallest absolute Gasteiger partial charge is 0.433 e. The monoisotopic (exact) mass is 571 g/mol. The summed E-state index contributed by atoms with van der Waals surface area (Å²) in [4.78, 5) is 35.4. The Bertz CT molecular complexity index is 1100. The fourth-order valence-electron chi connectivity index (χ4n) is 3.45. The summed E-state index contributed by atoms with van der Waals surface area (Å²) in [5, 5.41) is 25.5. The van der Waals surface area contributed by atoms with Gasteiger partial charge in [0.2, 0.25) is 5.88 Å². The first-order valence-electron chi connectivity index (χ1n) is 12.0. The van der Waals surface area contributed by atoms with Crippen molar-refractivity contribution < 1.29 is 38.1 Å². The van der Waals surface area contributed by atoms with Gasteiger partial charge in [0.15, 0.2) is 5.16 Å². The van der Waals surface area contributed by atoms with E-state index in [-0.39, 0.29) is 5.88 Å². The van der Waals surface area contributed by atoms with E-state index in [0.29, 0.717) is 41.8 Å². The number of aromatic nitrogens is 3. The number of aromatic hydroxyl groups is 1. The molecule has 1 aliphatic heterocycles. The summed E-state index contributed by atoms with van der Waals surface area (Å²) in [6, 6.07) is 4.39. The van der Waals surface area contributed by atoms with Gasteiger partial charge in [0.05, 0.1) is 0 Å². The Morgan fingerprint density at radius 3 is 2.10 bits per heavy atom. The highest BCUT2D eigenvalue weighted by Crippen LogP contribution is 2.34. The Morgan fingerprint density at radius 2 is 1.59 bits per heavy atom. The van der Waals surface area contributed by atoms with Crippen LogP contribution in [0.25, 0.3) is 0 Å². The van der Waals surface area contributed by atoms with Crippen LogP contribution in [0, 0.1) is 0 Å². The number of carbonyl (C=O) groups is 2. The third-order valence-electron chi connectivity index (χ3n) is 5.44. The van der Waals surface area contributed by atoms with E-state index in [1.165, 1.54) is 24.0 Å². The van der Waals surface area contributed by atoms with Crippen molar-refractivity contribution in [3.8, 4) is 5.88 Å². The molecule has 0 aromatic carbocycles. The van der Waals surface area contributed by atoms with Gasteiger partial charge in [-0.15, -0.1) is 0 Å². The normalized spacial score (nSPS) is 14.7. The van der Waals surface area contributed by atoms with Crippen molar-refractivity contribution in [3.05, 3.63) is 47.9 Å². The SMILES string of the molecule is CC(C)(C)c1cc(N2CCN(CCCSc3nccc(O)n3)CC2)cc(C(F)(F)F)n1.O=C(O)/C=C/C(=O)O. The van der Waals surface area contributed by atoms with Gasteiger partial charge in [-0.3, -0.25) is 4.90 Å². The van der Waals surface area contributed by atoms with Gasteiger partial charge in [-0.25, -0.2) is 19.6 Å². The zero-order valence-corrected chi connectivity index (χ0v) is 22.7. The number of rotatable bonds is 8. The van der Waals surface area contributed by atoms with Crippen LogP contribution in [0.15, 0.2) is 41.7 Å². The number of nitrogens with zero attached hydrogens (tertiary/aromatic N) is 5. The molecule has 39 heavy (non-hydrogen) atoms. The van der Waals surface area contributed by atoms with Crippen molar-refractivity contribution in [2.75, 3.05) is 43.4 Å². The molecule has 214 valence electrons. The molecule has 0 atom stereocenters. The van der Waals surface area contributed by atoms with Crippen LogP contribution in [-0.2, 0) is 21.2 Å². The minimum Gasteiger partial charge on any atom is -0.493 e. The molecule has 0 amide bonds. The average molecular weight is 572 g/mol. The van der Waals surface area contributed by atoms with Gasteiger partial charge in [0, 0.05) is 73.1 Å². The lowest BCUT2D eigenvalue weighted by molar-refractivity contribution is -0.141. The molecule has 2 aromatic rings. The molecule has 3 heterocycles. The summed E-state index contributed by atoms with van der Waals surface area (Å²) in [5.41, 5.74) is -0.257. The first-order valence-corrected chi connectivity index (χ1v) is 13.0. The number of hydrogen-bond acceptors (Lipinski definition) is 9. The summed E-state index contributed by atoms with van der Waals surface area (Å²) in [5.74, 6) is -1.72. The van der Waals surface area contributed by atoms with Crippen molar-refractivity contribution >= 4 is 29.4 Å². The molecule has 10 nitrogen and oxygen atoms in total. The molecule has 3 rings (SSSR count). The highest BCUT2D eigenvalue weighted by molar-refractivity contribution is 7.99. The summed E-state index contributed by atoms with van der Waals surface area (Å²) < 4.78 is 40.1. The summed E-state index contributed by atoms with van der Waals surface area (Å²) >= 11 is 1.50. The second-order valence-electron chi connectivity index (χ2n) is 9.58. The van der Waals surface area contributed by atoms with Crippen LogP contribution >= 0.6 is 11.8 Å². The highest BCUT2D eigenvalue weighted by atomic mass is 32.2. The largest absolute Gasteiger partial charge is 0.493 e. The van der Waals surface area contributed by atoms with Crippen LogP contribution < -0.4 is 4.90 Å². The molecular formula is C25H32F3N5O5S. The Balaban J connectivity index is 0.000000580. The maximum atomic E-state index is 13.4. The van der Waals surface area contributed by atoms with E-state index >= 15 is 0 Å². The molecule has 0 spiro atoms. The molecule has 2 aromatic heterocycles. The summed E-state index contributed by atoms with van der Waals surface area (Å²) in [7, 11) is 0. The molecular weight excluding hydrogens is 539 g/mol. The number of pyridine rings is 1. The molecule has 1 fully saturated rings. The van der Waals surface area contributed by atoms with E-state index in [4.69, 9.17) is 10.2 Å². The maximum absolute atomic E-state index is 13.4. The van der Waals surface area contributed by atoms with Crippen LogP contribution in [0.1, 0.15) is 38.6 Å². The Labute approximate surface area is 228 Å². The van der Waals surface area contributed by atoms with Gasteiger partial charge in [-0.1, -0.05) is 32.5 Å². The number of hydrogen-bond donors (Lipinski definition) is 3. The molecule has 0 aliphatic carbocycles. The third-order valence-corrected chi connectivity index (χ3v) is 6.39. The molecule has 0 radical (unpaired) electrons. The Kier molecular flexibility index (Phi) is 11.5. The van der Waals surface area contributed by atoms with Gasteiger partial charge in [0.1, 0.15) is 5.69 Å². The average Bonchev–Trinajstić information content (AvgIpc) is 2.85. The van der Waals surface area contributed by atoms with Gasteiger partial charge < -0.3 is 20.2 Å². The molecule has 0 unspecified atom stereocenters. The number of carboxylic acid groups (broad SMARTS) is 2. The van der Waals surface area contributed by atoms with Gasteiger partial charge in [-0.2, -0.15) is 18.2 Å². The lowest BCUT2D eigenvalue weighted by Gasteiger charge is -2.36. The fraction of sp³-hybridized carbons (Fsp3) is 0.480. The summed E-state index contributed by atoms with van der Waals surface area (Å²) in [6.07, 6.45) is -0.886. The van der Waals surface area contributed by atoms with E-state index < -0.39 is 29.2 Å². The van der Waals surface area contributed by atoms with Gasteiger partial charge >= 0.3 is 18.1 Å². The predicted molar refractivity (Wildman–Crippen MR) is 140 cm³/mol. The van der Waals surface area contributed by atoms with Crippen molar-refractivity contribution in [1.29, 1.82) is 0 Å². The Hall–Kier alpha value is -3.39. The van der Waals surface area contributed by atoms with E-state index in [1.54, 1.807) is 6.07 Å². The first kappa shape index (κ1) is 31.8. The second kappa shape index (κ2) is 14.1. The van der Waals surface area contributed by atoms with Crippen LogP contribution in [0.5, 0.6) is 5.88 Å². The van der Waals surface area contributed by atoms with Crippen LogP contribution in [0.3, 0.4) is 0 Å². The van der Waals surface area contributed by atoms with Crippen molar-refractivity contribution in [1.82, 2.24) is 19.9 Å². The van der Waals surface area contributed by atoms with Crippen molar-refractivity contribution in [2.24, 2.45) is 0 Å². The third kappa shape index (κ3) is 11.5. The second-order valence-corrected chi connectivity index (χ2v) is 10.6. The lowest BCUT2D eigenvalue weighted by Crippen LogP contribution is -2.46. The van der Waals surface area contributed by atoms with Crippen molar-refractivity contribution in [2.45, 2.75) is 43.9 Å². The van der Waals surface area contributed by atoms with Gasteiger partial charge in [-0.05, 0) is 25.1 Å². The number of thioether (sulfide) groups is 1. The summed E-state index contributed by atoms with van der Waals surface area (Å²) in [6.45, 7) is 9.45. The van der Waals surface area contributed by atoms with E-state index in [2.05, 4.69) is 19.9 Å². The lowest BCUT2D eigenvalue weighted by atomic mass is 9.91. The number of piperazine rings is 1. The molecule has 0 bridgehead atoms. The zero-order chi connectivity index (χ0) is 29.2. The standard InChI is InChI=1S/C21H28F3N5OS.C4H4O4/c1-20(2,3)16-13-15(14-17(26-16)21(22,23)24)29-10-8-28(9-11-29)7-4-12-31-19-25-6-5-18(30)27-19;5-3(6)1-2-4(7)8/h5-6,13-14H,4,7-12H2,1-3H3,(H,25,27,30);1-2H,(H,5,6)(H,7,8)/b;2-1+. The van der Waals surface area contributed by atoms with Gasteiger partial charge in [0.25, 0.3) is 0 Å². The van der Waals surface area contributed by atoms with Crippen LogP contribution in [0.4, 0.5) is 18.9 Å². The Morgan fingerprint density at radius 1 is 1.00 bits per heavy atom. The maximum Gasteiger partial charge on any atom is 0.433 e. The molecule has 0 saturated carbocycles. The molecule has 1 aliphatic rings. The number of halogens is 3. The minimum atomic E-state index is -4.46. The van der Waals surface area contributed by atoms with E-state index in [1.807, 2.05) is 25.7 Å². The highest BCUT2D eigenvalue weighted by Gasteiger charge is 2.35. The van der Waals surface area contributed by atoms with E-state index in [9.17, 15) is 27.9 Å². The van der Waals surface area contributed by atoms with Crippen LogP contribution in [0.2, 0.25) is 0 Å². The van der Waals surface area contributed by atoms with Crippen LogP contribution in [-0.4, -0.2) is 85.6 Å². The number of aliphatic carboxylic acids is 2. The number of carboxylic acids is 2. The molecule has 3 N–H and O–H groups in total. The minimum absolute atomic E-state index is 0.0342. The predicted octanol–water partition coefficient (Wildman–Crippen LogP) is 3.91. The topological polar surface area (TPSA) is 140 Å². The number of anilines is 1. The van der Waals surface area contributed by atoms with Crippen molar-refractivity contribution in [3.63, 3.8) is 0 Å². The number of alkyl halides is 3. The molecule has 1 saturated heterocycles. The first-order chi connectivity index (χ1) is 18.1. The zero-order valence-electron chi connectivity index (χ0n) is 21.9. The quantitative estimate of drug-likeness (QED) is 0.184.